The largest absolute Gasteiger partial charge is 0.383 e. The molecule has 6 nitrogen and oxygen atoms in total. The minimum atomic E-state index is -0.290. The third-order valence-electron chi connectivity index (χ3n) is 2.62. The standard InChI is InChI=1S/C11H19N5O/c1-11(2,3)8-7(6-12)9(13)16(14-8)10(17)15(4)5/h8,14H,13H2,1-5H3. The van der Waals surface area contributed by atoms with Gasteiger partial charge in [0.1, 0.15) is 11.9 Å². The molecule has 1 rings (SSSR count). The minimum absolute atomic E-state index is 0.186. The van der Waals surface area contributed by atoms with E-state index in [-0.39, 0.29) is 23.3 Å². The molecule has 17 heavy (non-hydrogen) atoms. The molecule has 0 radical (unpaired) electrons. The number of nitrogens with two attached hydrogens (primary N) is 1. The van der Waals surface area contributed by atoms with Gasteiger partial charge in [0.05, 0.1) is 11.6 Å². The van der Waals surface area contributed by atoms with Crippen LogP contribution in [-0.2, 0) is 0 Å². The van der Waals surface area contributed by atoms with Crippen molar-refractivity contribution < 1.29 is 4.79 Å². The molecule has 1 atom stereocenters. The van der Waals surface area contributed by atoms with Crippen molar-refractivity contribution in [3.63, 3.8) is 0 Å². The summed E-state index contributed by atoms with van der Waals surface area (Å²) in [6.07, 6.45) is 0. The SMILES string of the molecule is CN(C)C(=O)N1NC(C(C)(C)C)C(C#N)=C1N. The number of carbonyl (C=O) groups is 1. The van der Waals surface area contributed by atoms with E-state index in [1.165, 1.54) is 9.91 Å². The molecule has 0 aliphatic carbocycles. The Kier molecular flexibility index (Phi) is 3.34. The topological polar surface area (TPSA) is 85.4 Å². The van der Waals surface area contributed by atoms with Gasteiger partial charge >= 0.3 is 6.03 Å². The molecule has 0 bridgehead atoms. The molecule has 0 saturated carbocycles. The van der Waals surface area contributed by atoms with Crippen LogP contribution in [0.5, 0.6) is 0 Å². The molecular weight excluding hydrogens is 218 g/mol. The van der Waals surface area contributed by atoms with Crippen LogP contribution >= 0.6 is 0 Å². The number of hydrogen-bond donors (Lipinski definition) is 2. The fraction of sp³-hybridized carbons (Fsp3) is 0.636. The number of nitrogens with one attached hydrogen (secondary N) is 1. The molecule has 94 valence electrons. The maximum Gasteiger partial charge on any atom is 0.339 e. The van der Waals surface area contributed by atoms with Crippen LogP contribution in [0.3, 0.4) is 0 Å². The van der Waals surface area contributed by atoms with E-state index in [0.717, 1.165) is 0 Å². The normalized spacial score (nSPS) is 20.5. The summed E-state index contributed by atoms with van der Waals surface area (Å²) >= 11 is 0. The molecule has 6 heteroatoms. The quantitative estimate of drug-likeness (QED) is 0.646. The minimum Gasteiger partial charge on any atom is -0.383 e. The van der Waals surface area contributed by atoms with Crippen molar-refractivity contribution in [2.75, 3.05) is 14.1 Å². The van der Waals surface area contributed by atoms with E-state index in [1.54, 1.807) is 14.1 Å². The number of hydrogen-bond acceptors (Lipinski definition) is 4. The van der Waals surface area contributed by atoms with Gasteiger partial charge in [-0.1, -0.05) is 20.8 Å². The first-order valence-electron chi connectivity index (χ1n) is 5.37. The van der Waals surface area contributed by atoms with Crippen LogP contribution in [0.1, 0.15) is 20.8 Å². The van der Waals surface area contributed by atoms with Gasteiger partial charge in [0, 0.05) is 14.1 Å². The fourth-order valence-corrected chi connectivity index (χ4v) is 1.64. The van der Waals surface area contributed by atoms with Crippen LogP contribution in [0.4, 0.5) is 4.79 Å². The third-order valence-corrected chi connectivity index (χ3v) is 2.62. The summed E-state index contributed by atoms with van der Waals surface area (Å²) in [5.41, 5.74) is 9.03. The molecular formula is C11H19N5O. The van der Waals surface area contributed by atoms with E-state index in [1.807, 2.05) is 20.8 Å². The second-order valence-corrected chi connectivity index (χ2v) is 5.35. The van der Waals surface area contributed by atoms with Gasteiger partial charge in [-0.3, -0.25) is 0 Å². The highest BCUT2D eigenvalue weighted by molar-refractivity contribution is 5.76. The van der Waals surface area contributed by atoms with Crippen LogP contribution in [0.2, 0.25) is 0 Å². The van der Waals surface area contributed by atoms with E-state index in [9.17, 15) is 4.79 Å². The molecule has 0 aromatic heterocycles. The Morgan fingerprint density at radius 2 is 2.06 bits per heavy atom. The zero-order chi connectivity index (χ0) is 13.4. The van der Waals surface area contributed by atoms with Crippen molar-refractivity contribution in [3.8, 4) is 6.07 Å². The fourth-order valence-electron chi connectivity index (χ4n) is 1.64. The molecule has 3 N–H and O–H groups in total. The van der Waals surface area contributed by atoms with Gasteiger partial charge < -0.3 is 10.6 Å². The number of nitrogens with zero attached hydrogens (tertiary/aromatic N) is 3. The molecule has 1 aliphatic rings. The van der Waals surface area contributed by atoms with Crippen molar-refractivity contribution in [2.24, 2.45) is 11.1 Å². The maximum absolute atomic E-state index is 11.9. The van der Waals surface area contributed by atoms with E-state index in [0.29, 0.717) is 5.57 Å². The predicted octanol–water partition coefficient (Wildman–Crippen LogP) is 0.597. The maximum atomic E-state index is 11.9. The van der Waals surface area contributed by atoms with E-state index in [4.69, 9.17) is 11.0 Å². The van der Waals surface area contributed by atoms with Gasteiger partial charge in [-0.2, -0.15) is 5.26 Å². The van der Waals surface area contributed by atoms with Gasteiger partial charge in [0.2, 0.25) is 0 Å². The van der Waals surface area contributed by atoms with Gasteiger partial charge in [0.25, 0.3) is 0 Å². The molecule has 0 fully saturated rings. The van der Waals surface area contributed by atoms with Crippen molar-refractivity contribution in [3.05, 3.63) is 11.4 Å². The lowest BCUT2D eigenvalue weighted by Gasteiger charge is -2.29. The molecule has 2 amide bonds. The Morgan fingerprint density at radius 3 is 2.35 bits per heavy atom. The Balaban J connectivity index is 3.09. The summed E-state index contributed by atoms with van der Waals surface area (Å²) < 4.78 is 0. The number of amides is 2. The number of nitriles is 1. The van der Waals surface area contributed by atoms with Crippen molar-refractivity contribution in [1.82, 2.24) is 15.3 Å². The first-order valence-corrected chi connectivity index (χ1v) is 5.37. The highest BCUT2D eigenvalue weighted by Gasteiger charge is 2.40. The second kappa shape index (κ2) is 4.26. The van der Waals surface area contributed by atoms with E-state index >= 15 is 0 Å². The molecule has 1 unspecified atom stereocenters. The zero-order valence-electron chi connectivity index (χ0n) is 10.9. The Hall–Kier alpha value is -1.74. The Morgan fingerprint density at radius 1 is 1.53 bits per heavy atom. The molecule has 0 aromatic rings. The molecule has 0 spiro atoms. The summed E-state index contributed by atoms with van der Waals surface area (Å²) in [5.74, 6) is 0.186. The van der Waals surface area contributed by atoms with Gasteiger partial charge in [-0.05, 0) is 5.41 Å². The zero-order valence-corrected chi connectivity index (χ0v) is 10.9. The highest BCUT2D eigenvalue weighted by atomic mass is 16.2. The monoisotopic (exact) mass is 237 g/mol. The average molecular weight is 237 g/mol. The summed E-state index contributed by atoms with van der Waals surface area (Å²) in [5, 5.41) is 10.4. The highest BCUT2D eigenvalue weighted by Crippen LogP contribution is 2.30. The van der Waals surface area contributed by atoms with Crippen LogP contribution in [0.25, 0.3) is 0 Å². The summed E-state index contributed by atoms with van der Waals surface area (Å²) in [4.78, 5) is 13.3. The molecule has 0 saturated heterocycles. The first kappa shape index (κ1) is 13.3. The molecule has 1 aliphatic heterocycles. The summed E-state index contributed by atoms with van der Waals surface area (Å²) in [6.45, 7) is 5.96. The van der Waals surface area contributed by atoms with Crippen molar-refractivity contribution in [2.45, 2.75) is 26.8 Å². The number of urea groups is 1. The number of hydrazine groups is 1. The number of carbonyl (C=O) groups excluding carboxylic acids is 1. The van der Waals surface area contributed by atoms with Gasteiger partial charge in [-0.15, -0.1) is 0 Å². The van der Waals surface area contributed by atoms with Crippen LogP contribution in [0, 0.1) is 16.7 Å². The summed E-state index contributed by atoms with van der Waals surface area (Å²) in [6, 6.07) is 1.53. The third kappa shape index (κ3) is 2.34. The van der Waals surface area contributed by atoms with Crippen molar-refractivity contribution >= 4 is 6.03 Å². The number of rotatable bonds is 0. The second-order valence-electron chi connectivity index (χ2n) is 5.35. The van der Waals surface area contributed by atoms with E-state index < -0.39 is 0 Å². The van der Waals surface area contributed by atoms with Crippen LogP contribution in [-0.4, -0.2) is 36.1 Å². The van der Waals surface area contributed by atoms with Crippen LogP contribution < -0.4 is 11.2 Å². The van der Waals surface area contributed by atoms with E-state index in [2.05, 4.69) is 11.5 Å². The lowest BCUT2D eigenvalue weighted by molar-refractivity contribution is 0.152. The lowest BCUT2D eigenvalue weighted by atomic mass is 9.83. The van der Waals surface area contributed by atoms with Crippen LogP contribution in [0.15, 0.2) is 11.4 Å². The molecule has 0 aromatic carbocycles. The molecule has 1 heterocycles. The summed E-state index contributed by atoms with van der Waals surface area (Å²) in [7, 11) is 3.27. The smallest absolute Gasteiger partial charge is 0.339 e. The Labute approximate surface area is 102 Å². The Bertz CT molecular complexity index is 399. The van der Waals surface area contributed by atoms with Crippen molar-refractivity contribution in [1.29, 1.82) is 5.26 Å². The first-order chi connectivity index (χ1) is 7.70. The van der Waals surface area contributed by atoms with Gasteiger partial charge in [0.15, 0.2) is 0 Å². The lowest BCUT2D eigenvalue weighted by Crippen LogP contribution is -2.50. The predicted molar refractivity (Wildman–Crippen MR) is 64.1 cm³/mol. The average Bonchev–Trinajstić information content (AvgIpc) is 2.53. The van der Waals surface area contributed by atoms with Gasteiger partial charge in [-0.25, -0.2) is 15.2 Å².